The highest BCUT2D eigenvalue weighted by molar-refractivity contribution is 5.97. The Morgan fingerprint density at radius 3 is 2.57 bits per heavy atom. The molecule has 74 valence electrons. The van der Waals surface area contributed by atoms with Gasteiger partial charge in [-0.05, 0) is 0 Å². The van der Waals surface area contributed by atoms with Crippen molar-refractivity contribution in [3.05, 3.63) is 35.9 Å². The van der Waals surface area contributed by atoms with E-state index in [0.29, 0.717) is 5.56 Å². The molecule has 0 aliphatic carbocycles. The van der Waals surface area contributed by atoms with Crippen LogP contribution in [0.25, 0.3) is 0 Å². The number of nitrogens with two attached hydrogens (primary N) is 1. The number of methoxy groups -OCH3 is 1. The van der Waals surface area contributed by atoms with Crippen LogP contribution >= 0.6 is 0 Å². The van der Waals surface area contributed by atoms with Crippen LogP contribution in [0.15, 0.2) is 35.5 Å². The number of oxime groups is 1. The van der Waals surface area contributed by atoms with Crippen LogP contribution in [0.5, 0.6) is 0 Å². The largest absolute Gasteiger partial charge is 0.534 e. The Bertz CT molecular complexity index is 335. The average Bonchev–Trinajstić information content (AvgIpc) is 2.26. The van der Waals surface area contributed by atoms with Crippen LogP contribution in [0.1, 0.15) is 5.56 Å². The quantitative estimate of drug-likeness (QED) is 0.251. The lowest BCUT2D eigenvalue weighted by Gasteiger charge is -1.98. The van der Waals surface area contributed by atoms with E-state index >= 15 is 0 Å². The van der Waals surface area contributed by atoms with Crippen LogP contribution in [0.3, 0.4) is 0 Å². The van der Waals surface area contributed by atoms with E-state index in [1.54, 1.807) is 24.3 Å². The van der Waals surface area contributed by atoms with Gasteiger partial charge in [-0.1, -0.05) is 35.5 Å². The van der Waals surface area contributed by atoms with Crippen molar-refractivity contribution in [1.82, 2.24) is 0 Å². The molecule has 1 rings (SSSR count). The Kier molecular flexibility index (Phi) is 3.49. The lowest BCUT2D eigenvalue weighted by Crippen LogP contribution is -2.14. The molecule has 0 spiro atoms. The molecule has 0 saturated carbocycles. The minimum absolute atomic E-state index is 0.121. The van der Waals surface area contributed by atoms with Crippen LogP contribution in [-0.2, 0) is 9.57 Å². The summed E-state index contributed by atoms with van der Waals surface area (Å²) in [6.07, 6.45) is -0.899. The highest BCUT2D eigenvalue weighted by Gasteiger charge is 2.01. The number of carbonyl (C=O) groups is 1. The van der Waals surface area contributed by atoms with Crippen LogP contribution in [0.2, 0.25) is 0 Å². The van der Waals surface area contributed by atoms with Crippen molar-refractivity contribution in [1.29, 1.82) is 0 Å². The van der Waals surface area contributed by atoms with Gasteiger partial charge >= 0.3 is 6.16 Å². The maximum Gasteiger partial charge on any atom is 0.534 e. The molecule has 5 heteroatoms. The van der Waals surface area contributed by atoms with Crippen LogP contribution in [0, 0.1) is 0 Å². The Morgan fingerprint density at radius 2 is 2.00 bits per heavy atom. The number of rotatable bonds is 2. The summed E-state index contributed by atoms with van der Waals surface area (Å²) in [4.78, 5) is 14.8. The topological polar surface area (TPSA) is 73.9 Å². The van der Waals surface area contributed by atoms with Gasteiger partial charge < -0.3 is 10.5 Å². The van der Waals surface area contributed by atoms with Gasteiger partial charge in [-0.15, -0.1) is 0 Å². The second-order valence-electron chi connectivity index (χ2n) is 2.39. The van der Waals surface area contributed by atoms with Crippen molar-refractivity contribution < 1.29 is 14.4 Å². The van der Waals surface area contributed by atoms with Gasteiger partial charge in [0.05, 0.1) is 7.11 Å². The van der Waals surface area contributed by atoms with Crippen molar-refractivity contribution in [3.8, 4) is 0 Å². The van der Waals surface area contributed by atoms with Gasteiger partial charge in [0.2, 0.25) is 0 Å². The molecule has 1 aromatic rings. The highest BCUT2D eigenvalue weighted by atomic mass is 16.8. The van der Waals surface area contributed by atoms with Gasteiger partial charge in [0.25, 0.3) is 0 Å². The fourth-order valence-corrected chi connectivity index (χ4v) is 0.785. The Balaban J connectivity index is 2.66. The summed E-state index contributed by atoms with van der Waals surface area (Å²) in [6.45, 7) is 0. The van der Waals surface area contributed by atoms with Gasteiger partial charge in [-0.25, -0.2) is 4.79 Å². The first-order valence-electron chi connectivity index (χ1n) is 3.88. The number of benzene rings is 1. The van der Waals surface area contributed by atoms with Crippen molar-refractivity contribution in [3.63, 3.8) is 0 Å². The number of hydrogen-bond donors (Lipinski definition) is 1. The van der Waals surface area contributed by atoms with Crippen LogP contribution in [0.4, 0.5) is 4.79 Å². The molecule has 0 heterocycles. The SMILES string of the molecule is COC(=O)O/N=C(\N)c1ccccc1. The monoisotopic (exact) mass is 194 g/mol. The molecule has 0 aliphatic heterocycles. The zero-order valence-corrected chi connectivity index (χ0v) is 7.64. The van der Waals surface area contributed by atoms with E-state index in [1.807, 2.05) is 6.07 Å². The van der Waals surface area contributed by atoms with E-state index in [2.05, 4.69) is 14.7 Å². The second kappa shape index (κ2) is 4.86. The van der Waals surface area contributed by atoms with E-state index in [0.717, 1.165) is 0 Å². The molecule has 0 bridgehead atoms. The molecule has 0 unspecified atom stereocenters. The molecule has 0 atom stereocenters. The van der Waals surface area contributed by atoms with E-state index in [9.17, 15) is 4.79 Å². The Morgan fingerprint density at radius 1 is 1.36 bits per heavy atom. The summed E-state index contributed by atoms with van der Waals surface area (Å²) < 4.78 is 4.21. The molecule has 0 fully saturated rings. The maximum absolute atomic E-state index is 10.5. The molecule has 14 heavy (non-hydrogen) atoms. The zero-order valence-electron chi connectivity index (χ0n) is 7.64. The number of carbonyl (C=O) groups excluding carboxylic acids is 1. The van der Waals surface area contributed by atoms with E-state index in [4.69, 9.17) is 5.73 Å². The van der Waals surface area contributed by atoms with Crippen molar-refractivity contribution >= 4 is 12.0 Å². The molecule has 2 N–H and O–H groups in total. The molecule has 0 aliphatic rings. The normalized spacial score (nSPS) is 10.8. The minimum atomic E-state index is -0.899. The predicted octanol–water partition coefficient (Wildman–Crippen LogP) is 1.09. The fourth-order valence-electron chi connectivity index (χ4n) is 0.785. The minimum Gasteiger partial charge on any atom is -0.436 e. The number of nitrogens with zero attached hydrogens (tertiary/aromatic N) is 1. The molecular formula is C9H10N2O3. The first kappa shape index (κ1) is 10.0. The zero-order chi connectivity index (χ0) is 10.4. The summed E-state index contributed by atoms with van der Waals surface area (Å²) in [6, 6.07) is 8.95. The Hall–Kier alpha value is -2.04. The van der Waals surface area contributed by atoms with Crippen molar-refractivity contribution in [2.45, 2.75) is 0 Å². The lowest BCUT2D eigenvalue weighted by molar-refractivity contribution is 0.0753. The molecule has 0 radical (unpaired) electrons. The van der Waals surface area contributed by atoms with E-state index in [-0.39, 0.29) is 5.84 Å². The highest BCUT2D eigenvalue weighted by Crippen LogP contribution is 1.98. The van der Waals surface area contributed by atoms with Gasteiger partial charge in [-0.2, -0.15) is 0 Å². The van der Waals surface area contributed by atoms with Gasteiger partial charge in [0.15, 0.2) is 5.84 Å². The fraction of sp³-hybridized carbons (Fsp3) is 0.111. The summed E-state index contributed by atoms with van der Waals surface area (Å²) in [5, 5.41) is 3.39. The summed E-state index contributed by atoms with van der Waals surface area (Å²) in [5.41, 5.74) is 6.19. The number of amidine groups is 1. The smallest absolute Gasteiger partial charge is 0.436 e. The number of hydrogen-bond acceptors (Lipinski definition) is 4. The third-order valence-electron chi connectivity index (χ3n) is 1.45. The molecular weight excluding hydrogens is 184 g/mol. The van der Waals surface area contributed by atoms with E-state index in [1.165, 1.54) is 7.11 Å². The van der Waals surface area contributed by atoms with Crippen molar-refractivity contribution in [2.24, 2.45) is 10.9 Å². The number of ether oxygens (including phenoxy) is 1. The van der Waals surface area contributed by atoms with Crippen molar-refractivity contribution in [2.75, 3.05) is 7.11 Å². The van der Waals surface area contributed by atoms with E-state index < -0.39 is 6.16 Å². The van der Waals surface area contributed by atoms with Gasteiger partial charge in [-0.3, -0.25) is 4.84 Å². The Labute approximate surface area is 81.1 Å². The van der Waals surface area contributed by atoms with Gasteiger partial charge in [0.1, 0.15) is 0 Å². The summed E-state index contributed by atoms with van der Waals surface area (Å²) >= 11 is 0. The molecule has 0 saturated heterocycles. The lowest BCUT2D eigenvalue weighted by atomic mass is 10.2. The molecule has 1 aromatic carbocycles. The summed E-state index contributed by atoms with van der Waals surface area (Å²) in [7, 11) is 1.19. The molecule has 0 amide bonds. The second-order valence-corrected chi connectivity index (χ2v) is 2.39. The maximum atomic E-state index is 10.5. The summed E-state index contributed by atoms with van der Waals surface area (Å²) in [5.74, 6) is 0.121. The standard InChI is InChI=1S/C9H10N2O3/c1-13-9(12)14-11-8(10)7-5-3-2-4-6-7/h2-6H,1H3,(H2,10,11). The predicted molar refractivity (Wildman–Crippen MR) is 50.7 cm³/mol. The van der Waals surface area contributed by atoms with Crippen LogP contribution in [-0.4, -0.2) is 19.1 Å². The molecule has 0 aromatic heterocycles. The third-order valence-corrected chi connectivity index (χ3v) is 1.45. The average molecular weight is 194 g/mol. The first-order valence-corrected chi connectivity index (χ1v) is 3.88. The first-order chi connectivity index (χ1) is 6.74. The van der Waals surface area contributed by atoms with Crippen LogP contribution < -0.4 is 5.73 Å². The molecule has 5 nitrogen and oxygen atoms in total. The van der Waals surface area contributed by atoms with Gasteiger partial charge in [0, 0.05) is 5.56 Å². The third kappa shape index (κ3) is 2.78.